The molecule has 2 aromatic carbocycles. The molecule has 1 aliphatic rings. The van der Waals surface area contributed by atoms with Crippen molar-refractivity contribution in [2.24, 2.45) is 0 Å². The third-order valence-electron chi connectivity index (χ3n) is 4.23. The molecular formula is C20H17N3O2S2. The second-order valence-corrected chi connectivity index (χ2v) is 7.63. The molecule has 1 aromatic heterocycles. The summed E-state index contributed by atoms with van der Waals surface area (Å²) in [5.74, 6) is -0.249. The highest BCUT2D eigenvalue weighted by Crippen LogP contribution is 2.31. The maximum Gasteiger partial charge on any atom is 0.267 e. The number of hydrogen-bond acceptors (Lipinski definition) is 5. The van der Waals surface area contributed by atoms with Gasteiger partial charge in [0.15, 0.2) is 11.2 Å². The normalized spacial score (nSPS) is 15.5. The van der Waals surface area contributed by atoms with E-state index in [9.17, 15) is 4.79 Å². The van der Waals surface area contributed by atoms with Crippen LogP contribution in [0.25, 0.3) is 20.8 Å². The number of aromatic nitrogens is 1. The van der Waals surface area contributed by atoms with Crippen LogP contribution in [0.1, 0.15) is 12.0 Å². The van der Waals surface area contributed by atoms with E-state index in [1.54, 1.807) is 11.3 Å². The zero-order chi connectivity index (χ0) is 18.8. The van der Waals surface area contributed by atoms with Gasteiger partial charge < -0.3 is 10.1 Å². The average Bonchev–Trinajstić information content (AvgIpc) is 3.33. The number of para-hydroxylation sites is 1. The van der Waals surface area contributed by atoms with Crippen LogP contribution in [0.2, 0.25) is 0 Å². The number of nitrogens with one attached hydrogen (secondary N) is 2. The van der Waals surface area contributed by atoms with E-state index in [-0.39, 0.29) is 11.0 Å². The van der Waals surface area contributed by atoms with Gasteiger partial charge in [-0.15, -0.1) is 11.3 Å². The Morgan fingerprint density at radius 1 is 1.30 bits per heavy atom. The highest BCUT2D eigenvalue weighted by atomic mass is 32.1. The van der Waals surface area contributed by atoms with Crippen molar-refractivity contribution in [2.75, 3.05) is 5.32 Å². The lowest BCUT2D eigenvalue weighted by Crippen LogP contribution is -2.40. The number of hydrogen-bond donors (Lipinski definition) is 2. The van der Waals surface area contributed by atoms with Gasteiger partial charge in [-0.25, -0.2) is 4.98 Å². The number of fused-ring (bicyclic) bond motifs is 1. The lowest BCUT2D eigenvalue weighted by molar-refractivity contribution is -0.127. The molecule has 0 saturated carbocycles. The topological polar surface area (TPSA) is 63.2 Å². The molecule has 0 radical (unpaired) electrons. The smallest absolute Gasteiger partial charge is 0.267 e. The number of anilines is 1. The molecule has 136 valence electrons. The SMILES string of the molecule is Cc1cc(-c2nc3ccccc3s2)ccc1NC(=S)NC(=O)C1CC=CO1. The Labute approximate surface area is 166 Å². The maximum atomic E-state index is 12.0. The van der Waals surface area contributed by atoms with Crippen molar-refractivity contribution in [3.63, 3.8) is 0 Å². The predicted octanol–water partition coefficient (Wildman–Crippen LogP) is 4.39. The Balaban J connectivity index is 1.46. The van der Waals surface area contributed by atoms with Crippen molar-refractivity contribution in [1.82, 2.24) is 10.3 Å². The minimum Gasteiger partial charge on any atom is -0.488 e. The molecule has 1 amide bonds. The first-order valence-electron chi connectivity index (χ1n) is 8.49. The number of thiocarbonyl (C=S) groups is 1. The summed E-state index contributed by atoms with van der Waals surface area (Å²) in [6.45, 7) is 1.99. The Bertz CT molecular complexity index is 1020. The molecule has 5 nitrogen and oxygen atoms in total. The lowest BCUT2D eigenvalue weighted by Gasteiger charge is -2.14. The molecule has 0 spiro atoms. The summed E-state index contributed by atoms with van der Waals surface area (Å²) in [4.78, 5) is 16.7. The summed E-state index contributed by atoms with van der Waals surface area (Å²) in [5, 5.41) is 6.98. The van der Waals surface area contributed by atoms with Gasteiger partial charge in [-0.05, 0) is 61.1 Å². The first kappa shape index (κ1) is 17.6. The van der Waals surface area contributed by atoms with Gasteiger partial charge in [0.25, 0.3) is 5.91 Å². The summed E-state index contributed by atoms with van der Waals surface area (Å²) >= 11 is 6.92. The third kappa shape index (κ3) is 3.84. The van der Waals surface area contributed by atoms with Crippen LogP contribution in [-0.2, 0) is 9.53 Å². The van der Waals surface area contributed by atoms with E-state index in [1.807, 2.05) is 43.3 Å². The van der Waals surface area contributed by atoms with E-state index in [4.69, 9.17) is 21.9 Å². The van der Waals surface area contributed by atoms with Gasteiger partial charge in [-0.1, -0.05) is 12.1 Å². The monoisotopic (exact) mass is 395 g/mol. The molecule has 0 bridgehead atoms. The molecule has 7 heteroatoms. The Morgan fingerprint density at radius 3 is 2.89 bits per heavy atom. The van der Waals surface area contributed by atoms with Crippen molar-refractivity contribution < 1.29 is 9.53 Å². The van der Waals surface area contributed by atoms with Gasteiger partial charge in [-0.3, -0.25) is 10.1 Å². The van der Waals surface area contributed by atoms with Gasteiger partial charge in [0.1, 0.15) is 5.01 Å². The molecular weight excluding hydrogens is 378 g/mol. The van der Waals surface area contributed by atoms with Gasteiger partial charge in [0, 0.05) is 17.7 Å². The highest BCUT2D eigenvalue weighted by Gasteiger charge is 2.21. The minimum atomic E-state index is -0.507. The molecule has 4 rings (SSSR count). The Hall–Kier alpha value is -2.77. The lowest BCUT2D eigenvalue weighted by atomic mass is 10.1. The van der Waals surface area contributed by atoms with Crippen molar-refractivity contribution in [2.45, 2.75) is 19.4 Å². The molecule has 1 atom stereocenters. The van der Waals surface area contributed by atoms with E-state index >= 15 is 0 Å². The number of ether oxygens (including phenoxy) is 1. The van der Waals surface area contributed by atoms with Gasteiger partial charge in [-0.2, -0.15) is 0 Å². The number of benzene rings is 2. The molecule has 1 unspecified atom stereocenters. The maximum absolute atomic E-state index is 12.0. The highest BCUT2D eigenvalue weighted by molar-refractivity contribution is 7.80. The molecule has 1 aliphatic heterocycles. The molecule has 3 aromatic rings. The van der Waals surface area contributed by atoms with Crippen LogP contribution in [0.15, 0.2) is 54.8 Å². The van der Waals surface area contributed by atoms with E-state index in [0.29, 0.717) is 6.42 Å². The van der Waals surface area contributed by atoms with Crippen molar-refractivity contribution in [1.29, 1.82) is 0 Å². The first-order valence-corrected chi connectivity index (χ1v) is 9.71. The van der Waals surface area contributed by atoms with Crippen LogP contribution >= 0.6 is 23.6 Å². The Morgan fingerprint density at radius 2 is 2.15 bits per heavy atom. The molecule has 0 saturated heterocycles. The van der Waals surface area contributed by atoms with E-state index in [2.05, 4.69) is 22.8 Å². The first-order chi connectivity index (χ1) is 13.1. The van der Waals surface area contributed by atoms with Crippen molar-refractivity contribution >= 4 is 50.5 Å². The molecule has 27 heavy (non-hydrogen) atoms. The molecule has 2 N–H and O–H groups in total. The van der Waals surface area contributed by atoms with Gasteiger partial charge in [0.05, 0.1) is 16.5 Å². The molecule has 0 fully saturated rings. The fourth-order valence-corrected chi connectivity index (χ4v) is 4.01. The van der Waals surface area contributed by atoms with E-state index in [1.165, 1.54) is 11.0 Å². The third-order valence-corrected chi connectivity index (χ3v) is 5.52. The zero-order valence-corrected chi connectivity index (χ0v) is 16.2. The van der Waals surface area contributed by atoms with Crippen molar-refractivity contribution in [3.05, 3.63) is 60.4 Å². The molecule has 2 heterocycles. The summed E-state index contributed by atoms with van der Waals surface area (Å²) < 4.78 is 6.36. The van der Waals surface area contributed by atoms with E-state index in [0.717, 1.165) is 27.3 Å². The fourth-order valence-electron chi connectivity index (χ4n) is 2.83. The van der Waals surface area contributed by atoms with Crippen LogP contribution in [0.3, 0.4) is 0 Å². The van der Waals surface area contributed by atoms with Crippen LogP contribution in [0.4, 0.5) is 5.69 Å². The number of thiazole rings is 1. The van der Waals surface area contributed by atoms with Crippen LogP contribution in [0.5, 0.6) is 0 Å². The van der Waals surface area contributed by atoms with Crippen LogP contribution in [0, 0.1) is 6.92 Å². The number of carbonyl (C=O) groups is 1. The minimum absolute atomic E-state index is 0.249. The summed E-state index contributed by atoms with van der Waals surface area (Å²) in [7, 11) is 0. The summed E-state index contributed by atoms with van der Waals surface area (Å²) in [6.07, 6.45) is 3.40. The number of aryl methyl sites for hydroxylation is 1. The number of amides is 1. The number of rotatable bonds is 3. The second-order valence-electron chi connectivity index (χ2n) is 6.19. The summed E-state index contributed by atoms with van der Waals surface area (Å²) in [5.41, 5.74) is 3.92. The van der Waals surface area contributed by atoms with Gasteiger partial charge >= 0.3 is 0 Å². The van der Waals surface area contributed by atoms with Gasteiger partial charge in [0.2, 0.25) is 0 Å². The molecule has 0 aliphatic carbocycles. The van der Waals surface area contributed by atoms with E-state index < -0.39 is 6.10 Å². The van der Waals surface area contributed by atoms with Crippen LogP contribution < -0.4 is 10.6 Å². The van der Waals surface area contributed by atoms with Crippen LogP contribution in [-0.4, -0.2) is 22.1 Å². The largest absolute Gasteiger partial charge is 0.488 e. The van der Waals surface area contributed by atoms with Crippen molar-refractivity contribution in [3.8, 4) is 10.6 Å². The summed E-state index contributed by atoms with van der Waals surface area (Å²) in [6, 6.07) is 14.1. The zero-order valence-electron chi connectivity index (χ0n) is 14.6. The number of carbonyl (C=O) groups excluding carboxylic acids is 1. The second kappa shape index (κ2) is 7.46. The predicted molar refractivity (Wildman–Crippen MR) is 113 cm³/mol. The number of nitrogens with zero attached hydrogens (tertiary/aromatic N) is 1. The Kier molecular flexibility index (Phi) is 4.87. The quantitative estimate of drug-likeness (QED) is 0.644. The standard InChI is InChI=1S/C20H17N3O2S2/c1-12-11-13(19-21-15-5-2-3-7-17(15)27-19)8-9-14(12)22-20(26)23-18(24)16-6-4-10-25-16/h2-5,7-11,16H,6H2,1H3,(H2,22,23,24,26). The average molecular weight is 396 g/mol. The fraction of sp³-hybridized carbons (Fsp3) is 0.150.